The van der Waals surface area contributed by atoms with Crippen LogP contribution in [0.1, 0.15) is 42.1 Å². The summed E-state index contributed by atoms with van der Waals surface area (Å²) in [5.74, 6) is -0.0835. The van der Waals surface area contributed by atoms with Gasteiger partial charge in [-0.2, -0.15) is 0 Å². The van der Waals surface area contributed by atoms with Gasteiger partial charge in [0, 0.05) is 6.61 Å². The van der Waals surface area contributed by atoms with Crippen LogP contribution in [0.5, 0.6) is 0 Å². The number of aryl methyl sites for hydroxylation is 1. The molecule has 0 radical (unpaired) electrons. The zero-order valence-corrected chi connectivity index (χ0v) is 10.9. The van der Waals surface area contributed by atoms with Crippen molar-refractivity contribution in [2.45, 2.75) is 45.3 Å². The van der Waals surface area contributed by atoms with E-state index in [9.17, 15) is 4.79 Å². The maximum absolute atomic E-state index is 12.0. The smallest absolute Gasteiger partial charge is 0.265 e. The van der Waals surface area contributed by atoms with Crippen LogP contribution in [0.25, 0.3) is 0 Å². The summed E-state index contributed by atoms with van der Waals surface area (Å²) in [7, 11) is 0. The van der Waals surface area contributed by atoms with Gasteiger partial charge in [0.25, 0.3) is 5.91 Å². The molecule has 1 aliphatic heterocycles. The van der Waals surface area contributed by atoms with E-state index >= 15 is 0 Å². The SMILES string of the molecule is CCc1nnsc1C(=O)N[C@H](C)[C@@H]1CCCO1. The molecule has 0 saturated carbocycles. The molecule has 5 nitrogen and oxygen atoms in total. The van der Waals surface area contributed by atoms with Crippen molar-refractivity contribution in [3.63, 3.8) is 0 Å². The Kier molecular flexibility index (Phi) is 4.06. The van der Waals surface area contributed by atoms with Crippen LogP contribution >= 0.6 is 11.5 Å². The number of aromatic nitrogens is 2. The van der Waals surface area contributed by atoms with E-state index in [2.05, 4.69) is 14.9 Å². The van der Waals surface area contributed by atoms with Crippen molar-refractivity contribution in [2.24, 2.45) is 0 Å². The van der Waals surface area contributed by atoms with Gasteiger partial charge in [-0.1, -0.05) is 11.4 Å². The number of carbonyl (C=O) groups excluding carboxylic acids is 1. The van der Waals surface area contributed by atoms with Crippen LogP contribution in [-0.4, -0.2) is 34.2 Å². The van der Waals surface area contributed by atoms with Gasteiger partial charge in [0.2, 0.25) is 0 Å². The van der Waals surface area contributed by atoms with Crippen molar-refractivity contribution in [1.29, 1.82) is 0 Å². The number of nitrogens with zero attached hydrogens (tertiary/aromatic N) is 2. The summed E-state index contributed by atoms with van der Waals surface area (Å²) in [6.45, 7) is 4.75. The predicted molar refractivity (Wildman–Crippen MR) is 65.2 cm³/mol. The summed E-state index contributed by atoms with van der Waals surface area (Å²) in [6, 6.07) is 0.0387. The second-order valence-electron chi connectivity index (χ2n) is 4.22. The van der Waals surface area contributed by atoms with Gasteiger partial charge in [0.05, 0.1) is 17.8 Å². The fourth-order valence-corrected chi connectivity index (χ4v) is 2.63. The topological polar surface area (TPSA) is 64.1 Å². The monoisotopic (exact) mass is 255 g/mol. The Bertz CT molecular complexity index is 388. The molecule has 1 N–H and O–H groups in total. The molecular weight excluding hydrogens is 238 g/mol. The molecule has 1 aromatic rings. The highest BCUT2D eigenvalue weighted by atomic mass is 32.1. The molecule has 2 atom stereocenters. The van der Waals surface area contributed by atoms with Crippen LogP contribution in [0.15, 0.2) is 0 Å². The van der Waals surface area contributed by atoms with E-state index < -0.39 is 0 Å². The highest BCUT2D eigenvalue weighted by Crippen LogP contribution is 2.17. The van der Waals surface area contributed by atoms with Crippen LogP contribution in [0.3, 0.4) is 0 Å². The Hall–Kier alpha value is -1.01. The molecule has 17 heavy (non-hydrogen) atoms. The zero-order chi connectivity index (χ0) is 12.3. The standard InChI is InChI=1S/C11H17N3O2S/c1-3-8-10(17-14-13-8)11(15)12-7(2)9-5-4-6-16-9/h7,9H,3-6H2,1-2H3,(H,12,15)/t7-,9+/m1/s1. The van der Waals surface area contributed by atoms with Gasteiger partial charge >= 0.3 is 0 Å². The molecule has 1 saturated heterocycles. The minimum Gasteiger partial charge on any atom is -0.376 e. The molecule has 1 amide bonds. The maximum atomic E-state index is 12.0. The molecule has 0 bridgehead atoms. The van der Waals surface area contributed by atoms with Crippen LogP contribution in [-0.2, 0) is 11.2 Å². The summed E-state index contributed by atoms with van der Waals surface area (Å²) in [4.78, 5) is 12.6. The number of nitrogens with one attached hydrogen (secondary N) is 1. The average Bonchev–Trinajstić information content (AvgIpc) is 2.99. The molecule has 94 valence electrons. The Morgan fingerprint density at radius 1 is 1.71 bits per heavy atom. The van der Waals surface area contributed by atoms with Crippen molar-refractivity contribution < 1.29 is 9.53 Å². The molecule has 2 rings (SSSR count). The van der Waals surface area contributed by atoms with Crippen LogP contribution < -0.4 is 5.32 Å². The second-order valence-corrected chi connectivity index (χ2v) is 4.97. The van der Waals surface area contributed by atoms with Gasteiger partial charge in [-0.25, -0.2) is 0 Å². The van der Waals surface area contributed by atoms with Crippen molar-refractivity contribution in [3.8, 4) is 0 Å². The highest BCUT2D eigenvalue weighted by Gasteiger charge is 2.25. The van der Waals surface area contributed by atoms with Crippen molar-refractivity contribution in [2.75, 3.05) is 6.61 Å². The van der Waals surface area contributed by atoms with E-state index in [-0.39, 0.29) is 18.1 Å². The minimum atomic E-state index is -0.0835. The van der Waals surface area contributed by atoms with Gasteiger partial charge in [-0.15, -0.1) is 5.10 Å². The zero-order valence-electron chi connectivity index (χ0n) is 10.1. The van der Waals surface area contributed by atoms with E-state index in [0.717, 1.165) is 43.1 Å². The lowest BCUT2D eigenvalue weighted by atomic mass is 10.1. The molecular formula is C11H17N3O2S. The van der Waals surface area contributed by atoms with Gasteiger partial charge in [0.1, 0.15) is 4.88 Å². The second kappa shape index (κ2) is 5.55. The van der Waals surface area contributed by atoms with Crippen molar-refractivity contribution in [1.82, 2.24) is 14.9 Å². The number of ether oxygens (including phenoxy) is 1. The molecule has 1 fully saturated rings. The number of carbonyl (C=O) groups is 1. The lowest BCUT2D eigenvalue weighted by Gasteiger charge is -2.19. The Balaban J connectivity index is 1.96. The summed E-state index contributed by atoms with van der Waals surface area (Å²) < 4.78 is 9.37. The first kappa shape index (κ1) is 12.4. The molecule has 1 aromatic heterocycles. The van der Waals surface area contributed by atoms with Crippen LogP contribution in [0.2, 0.25) is 0 Å². The summed E-state index contributed by atoms with van der Waals surface area (Å²) in [6.07, 6.45) is 2.97. The third-order valence-electron chi connectivity index (χ3n) is 2.98. The quantitative estimate of drug-likeness (QED) is 0.883. The molecule has 0 aromatic carbocycles. The maximum Gasteiger partial charge on any atom is 0.265 e. The van der Waals surface area contributed by atoms with E-state index in [0.29, 0.717) is 4.88 Å². The third kappa shape index (κ3) is 2.81. The van der Waals surface area contributed by atoms with E-state index in [1.165, 1.54) is 0 Å². The average molecular weight is 255 g/mol. The van der Waals surface area contributed by atoms with Gasteiger partial charge in [0.15, 0.2) is 0 Å². The van der Waals surface area contributed by atoms with Gasteiger partial charge in [-0.05, 0) is 37.7 Å². The minimum absolute atomic E-state index is 0.0387. The Morgan fingerprint density at radius 2 is 2.53 bits per heavy atom. The fraction of sp³-hybridized carbons (Fsp3) is 0.727. The number of hydrogen-bond donors (Lipinski definition) is 1. The first-order chi connectivity index (χ1) is 8.22. The van der Waals surface area contributed by atoms with Crippen LogP contribution in [0.4, 0.5) is 0 Å². The molecule has 1 aliphatic rings. The van der Waals surface area contributed by atoms with Gasteiger partial charge < -0.3 is 10.1 Å². The van der Waals surface area contributed by atoms with Gasteiger partial charge in [-0.3, -0.25) is 4.79 Å². The predicted octanol–water partition coefficient (Wildman–Crippen LogP) is 1.40. The number of hydrogen-bond acceptors (Lipinski definition) is 5. The number of rotatable bonds is 4. The van der Waals surface area contributed by atoms with E-state index in [1.54, 1.807) is 0 Å². The molecule has 0 aliphatic carbocycles. The number of amides is 1. The summed E-state index contributed by atoms with van der Waals surface area (Å²) in [5, 5.41) is 6.90. The summed E-state index contributed by atoms with van der Waals surface area (Å²) in [5.41, 5.74) is 0.770. The van der Waals surface area contributed by atoms with Crippen molar-refractivity contribution >= 4 is 17.4 Å². The lowest BCUT2D eigenvalue weighted by Crippen LogP contribution is -2.40. The van der Waals surface area contributed by atoms with Crippen molar-refractivity contribution in [3.05, 3.63) is 10.6 Å². The largest absolute Gasteiger partial charge is 0.376 e. The molecule has 0 spiro atoms. The third-order valence-corrected chi connectivity index (χ3v) is 3.75. The van der Waals surface area contributed by atoms with E-state index in [4.69, 9.17) is 4.74 Å². The lowest BCUT2D eigenvalue weighted by molar-refractivity contribution is 0.0714. The fourth-order valence-electron chi connectivity index (χ4n) is 1.97. The normalized spacial score (nSPS) is 21.4. The molecule has 6 heteroatoms. The first-order valence-electron chi connectivity index (χ1n) is 5.96. The Labute approximate surface area is 105 Å². The Morgan fingerprint density at radius 3 is 3.18 bits per heavy atom. The van der Waals surface area contributed by atoms with E-state index in [1.807, 2.05) is 13.8 Å². The molecule has 2 heterocycles. The highest BCUT2D eigenvalue weighted by molar-refractivity contribution is 7.08. The molecule has 0 unspecified atom stereocenters. The summed E-state index contributed by atoms with van der Waals surface area (Å²) >= 11 is 1.15. The van der Waals surface area contributed by atoms with Crippen LogP contribution in [0, 0.1) is 0 Å². The first-order valence-corrected chi connectivity index (χ1v) is 6.73.